The highest BCUT2D eigenvalue weighted by Gasteiger charge is 2.29. The second-order valence-corrected chi connectivity index (χ2v) is 10.1. The molecule has 6 nitrogen and oxygen atoms in total. The van der Waals surface area contributed by atoms with Crippen molar-refractivity contribution in [3.63, 3.8) is 0 Å². The molecule has 0 radical (unpaired) electrons. The molecule has 37 heavy (non-hydrogen) atoms. The van der Waals surface area contributed by atoms with E-state index < -0.39 is 0 Å². The largest absolute Gasteiger partial charge is 0.398 e. The smallest absolute Gasteiger partial charge is 0.251 e. The minimum atomic E-state index is -0.151. The SMILES string of the molecule is CCC(CC)(CNC(=O)c1ccc(N)c(C(=N)c2ccc(N3CCN(C)CC3)cc2)c1)c1ccccc1. The summed E-state index contributed by atoms with van der Waals surface area (Å²) in [6.07, 6.45) is 1.85. The molecule has 1 aliphatic rings. The number of hydrogen-bond donors (Lipinski definition) is 3. The van der Waals surface area contributed by atoms with Gasteiger partial charge in [0.1, 0.15) is 0 Å². The molecule has 0 bridgehead atoms. The Labute approximate surface area is 221 Å². The Morgan fingerprint density at radius 2 is 1.54 bits per heavy atom. The number of rotatable bonds is 9. The Kier molecular flexibility index (Phi) is 8.29. The van der Waals surface area contributed by atoms with E-state index in [9.17, 15) is 4.79 Å². The minimum Gasteiger partial charge on any atom is -0.398 e. The summed E-state index contributed by atoms with van der Waals surface area (Å²) in [7, 11) is 2.15. The summed E-state index contributed by atoms with van der Waals surface area (Å²) < 4.78 is 0. The number of nitrogens with two attached hydrogens (primary N) is 1. The lowest BCUT2D eigenvalue weighted by Crippen LogP contribution is -2.44. The van der Waals surface area contributed by atoms with Gasteiger partial charge in [0.15, 0.2) is 0 Å². The van der Waals surface area contributed by atoms with E-state index >= 15 is 0 Å². The van der Waals surface area contributed by atoms with E-state index in [1.54, 1.807) is 18.2 Å². The summed E-state index contributed by atoms with van der Waals surface area (Å²) in [5.74, 6) is -0.151. The van der Waals surface area contributed by atoms with Crippen LogP contribution in [0.15, 0.2) is 72.8 Å². The molecular weight excluding hydrogens is 458 g/mol. The van der Waals surface area contributed by atoms with E-state index in [2.05, 4.69) is 60.3 Å². The van der Waals surface area contributed by atoms with Gasteiger partial charge in [-0.1, -0.05) is 56.3 Å². The van der Waals surface area contributed by atoms with Crippen LogP contribution in [0.3, 0.4) is 0 Å². The zero-order chi connectivity index (χ0) is 26.4. The lowest BCUT2D eigenvalue weighted by Gasteiger charge is -2.34. The number of amides is 1. The lowest BCUT2D eigenvalue weighted by molar-refractivity contribution is 0.0941. The van der Waals surface area contributed by atoms with Crippen molar-refractivity contribution in [2.45, 2.75) is 32.1 Å². The number of carbonyl (C=O) groups excluding carboxylic acids is 1. The molecule has 1 heterocycles. The van der Waals surface area contributed by atoms with E-state index in [0.29, 0.717) is 29.1 Å². The summed E-state index contributed by atoms with van der Waals surface area (Å²) >= 11 is 0. The van der Waals surface area contributed by atoms with Crippen LogP contribution in [0, 0.1) is 5.41 Å². The molecule has 6 heteroatoms. The van der Waals surface area contributed by atoms with Crippen molar-refractivity contribution in [1.82, 2.24) is 10.2 Å². The van der Waals surface area contributed by atoms with Crippen molar-refractivity contribution in [1.29, 1.82) is 5.41 Å². The molecule has 194 valence electrons. The first kappa shape index (κ1) is 26.4. The molecule has 0 unspecified atom stereocenters. The maximum atomic E-state index is 13.2. The molecule has 1 amide bonds. The van der Waals surface area contributed by atoms with Gasteiger partial charge in [0.25, 0.3) is 5.91 Å². The van der Waals surface area contributed by atoms with E-state index in [-0.39, 0.29) is 11.3 Å². The van der Waals surface area contributed by atoms with Crippen LogP contribution < -0.4 is 16.0 Å². The van der Waals surface area contributed by atoms with Gasteiger partial charge in [-0.2, -0.15) is 0 Å². The van der Waals surface area contributed by atoms with Crippen LogP contribution in [0.2, 0.25) is 0 Å². The third kappa shape index (κ3) is 5.86. The molecule has 0 aromatic heterocycles. The summed E-state index contributed by atoms with van der Waals surface area (Å²) in [6.45, 7) is 8.98. The van der Waals surface area contributed by atoms with Gasteiger partial charge >= 0.3 is 0 Å². The van der Waals surface area contributed by atoms with Crippen molar-refractivity contribution >= 4 is 23.0 Å². The normalized spacial score (nSPS) is 14.4. The monoisotopic (exact) mass is 497 g/mol. The average Bonchev–Trinajstić information content (AvgIpc) is 2.95. The summed E-state index contributed by atoms with van der Waals surface area (Å²) in [6, 6.07) is 23.7. The van der Waals surface area contributed by atoms with Crippen molar-refractivity contribution in [2.24, 2.45) is 0 Å². The number of piperazine rings is 1. The van der Waals surface area contributed by atoms with Gasteiger partial charge in [0.2, 0.25) is 0 Å². The van der Waals surface area contributed by atoms with E-state index in [1.165, 1.54) is 11.3 Å². The molecular formula is C31H39N5O. The molecule has 0 saturated carbocycles. The Bertz CT molecular complexity index is 1210. The van der Waals surface area contributed by atoms with Crippen LogP contribution in [0.25, 0.3) is 0 Å². The number of likely N-dealkylation sites (N-methyl/N-ethyl adjacent to an activating group) is 1. The van der Waals surface area contributed by atoms with Crippen LogP contribution in [-0.4, -0.2) is 56.3 Å². The van der Waals surface area contributed by atoms with E-state index in [0.717, 1.165) is 44.6 Å². The topological polar surface area (TPSA) is 85.4 Å². The summed E-state index contributed by atoms with van der Waals surface area (Å²) in [5, 5.41) is 12.0. The van der Waals surface area contributed by atoms with Gasteiger partial charge in [-0.25, -0.2) is 0 Å². The average molecular weight is 498 g/mol. The maximum Gasteiger partial charge on any atom is 0.251 e. The first-order chi connectivity index (χ1) is 17.9. The zero-order valence-electron chi connectivity index (χ0n) is 22.3. The van der Waals surface area contributed by atoms with E-state index in [4.69, 9.17) is 11.1 Å². The van der Waals surface area contributed by atoms with Crippen LogP contribution >= 0.6 is 0 Å². The Hall–Kier alpha value is -3.64. The number of hydrogen-bond acceptors (Lipinski definition) is 5. The number of nitrogen functional groups attached to an aromatic ring is 1. The predicted octanol–water partition coefficient (Wildman–Crippen LogP) is 4.92. The molecule has 1 aliphatic heterocycles. The molecule has 0 atom stereocenters. The molecule has 4 N–H and O–H groups in total. The van der Waals surface area contributed by atoms with Crippen molar-refractivity contribution < 1.29 is 4.79 Å². The van der Waals surface area contributed by atoms with Crippen molar-refractivity contribution in [2.75, 3.05) is 50.4 Å². The summed E-state index contributed by atoms with van der Waals surface area (Å²) in [5.41, 5.74) is 11.2. The fourth-order valence-electron chi connectivity index (χ4n) is 5.13. The molecule has 1 saturated heterocycles. The van der Waals surface area contributed by atoms with Gasteiger partial charge in [-0.3, -0.25) is 10.2 Å². The fraction of sp³-hybridized carbons (Fsp3) is 0.355. The second kappa shape index (κ2) is 11.6. The molecule has 4 rings (SSSR count). The third-order valence-corrected chi connectivity index (χ3v) is 7.94. The quantitative estimate of drug-likeness (QED) is 0.289. The van der Waals surface area contributed by atoms with E-state index in [1.807, 2.05) is 30.3 Å². The number of anilines is 2. The van der Waals surface area contributed by atoms with Crippen molar-refractivity contribution in [3.05, 3.63) is 95.1 Å². The van der Waals surface area contributed by atoms with Crippen molar-refractivity contribution in [3.8, 4) is 0 Å². The van der Waals surface area contributed by atoms with Crippen LogP contribution in [-0.2, 0) is 5.41 Å². The first-order valence-electron chi connectivity index (χ1n) is 13.2. The number of nitrogens with one attached hydrogen (secondary N) is 2. The van der Waals surface area contributed by atoms with Gasteiger partial charge in [0, 0.05) is 66.2 Å². The second-order valence-electron chi connectivity index (χ2n) is 10.1. The molecule has 3 aromatic carbocycles. The lowest BCUT2D eigenvalue weighted by atomic mass is 9.76. The predicted molar refractivity (Wildman–Crippen MR) is 154 cm³/mol. The fourth-order valence-corrected chi connectivity index (χ4v) is 5.13. The molecule has 0 spiro atoms. The van der Waals surface area contributed by atoms with Gasteiger partial charge in [0.05, 0.1) is 5.71 Å². The Morgan fingerprint density at radius 1 is 0.919 bits per heavy atom. The van der Waals surface area contributed by atoms with Gasteiger partial charge < -0.3 is 20.9 Å². The Morgan fingerprint density at radius 3 is 2.16 bits per heavy atom. The third-order valence-electron chi connectivity index (χ3n) is 7.94. The standard InChI is InChI=1S/C31H39N5O/c1-4-31(5-2,25-9-7-6-8-10-25)22-34-30(37)24-13-16-28(32)27(21-24)29(33)23-11-14-26(15-12-23)36-19-17-35(3)18-20-36/h6-16,21,33H,4-5,17-20,22,32H2,1-3H3,(H,34,37). The Balaban J connectivity index is 1.48. The van der Waals surface area contributed by atoms with Crippen LogP contribution in [0.1, 0.15) is 53.7 Å². The number of carbonyl (C=O) groups is 1. The van der Waals surface area contributed by atoms with Crippen LogP contribution in [0.5, 0.6) is 0 Å². The first-order valence-corrected chi connectivity index (χ1v) is 13.2. The van der Waals surface area contributed by atoms with Gasteiger partial charge in [-0.05, 0) is 55.8 Å². The van der Waals surface area contributed by atoms with Crippen LogP contribution in [0.4, 0.5) is 11.4 Å². The highest BCUT2D eigenvalue weighted by Crippen LogP contribution is 2.31. The highest BCUT2D eigenvalue weighted by atomic mass is 16.1. The zero-order valence-corrected chi connectivity index (χ0v) is 22.3. The minimum absolute atomic E-state index is 0.119. The molecule has 3 aromatic rings. The maximum absolute atomic E-state index is 13.2. The summed E-state index contributed by atoms with van der Waals surface area (Å²) in [4.78, 5) is 17.9. The number of nitrogens with zero attached hydrogens (tertiary/aromatic N) is 2. The number of benzene rings is 3. The highest BCUT2D eigenvalue weighted by molar-refractivity contribution is 6.15. The molecule has 0 aliphatic carbocycles. The molecule has 1 fully saturated rings. The van der Waals surface area contributed by atoms with Gasteiger partial charge in [-0.15, -0.1) is 0 Å².